The van der Waals surface area contributed by atoms with Crippen LogP contribution in [0.2, 0.25) is 0 Å². The quantitative estimate of drug-likeness (QED) is 0.581. The fourth-order valence-electron chi connectivity index (χ4n) is 1.48. The van der Waals surface area contributed by atoms with Crippen LogP contribution in [-0.2, 0) is 4.74 Å². The minimum Gasteiger partial charge on any atom is -0.492 e. The minimum absolute atomic E-state index is 0.347. The van der Waals surface area contributed by atoms with E-state index in [1.807, 2.05) is 6.92 Å². The molecular formula is C13H16O4. The van der Waals surface area contributed by atoms with Gasteiger partial charge in [0.1, 0.15) is 12.2 Å². The van der Waals surface area contributed by atoms with Gasteiger partial charge in [-0.3, -0.25) is 0 Å². The van der Waals surface area contributed by atoms with Crippen molar-refractivity contribution in [2.24, 2.45) is 0 Å². The molecule has 0 fully saturated rings. The van der Waals surface area contributed by atoms with E-state index in [2.05, 4.69) is 6.58 Å². The van der Waals surface area contributed by atoms with Crippen molar-refractivity contribution in [1.82, 2.24) is 0 Å². The number of methoxy groups -OCH3 is 2. The molecule has 4 heteroatoms. The van der Waals surface area contributed by atoms with E-state index in [4.69, 9.17) is 14.2 Å². The molecule has 0 radical (unpaired) electrons. The van der Waals surface area contributed by atoms with Gasteiger partial charge >= 0.3 is 5.97 Å². The van der Waals surface area contributed by atoms with Gasteiger partial charge in [0.25, 0.3) is 0 Å². The third-order valence-corrected chi connectivity index (χ3v) is 2.28. The standard InChI is InChI=1S/C13H16O4/c1-5-8-17-10-7-6-9(2)11(12(10)15-3)13(14)16-4/h5-7H,1,8H2,2-4H3. The van der Waals surface area contributed by atoms with Crippen molar-refractivity contribution in [3.05, 3.63) is 35.9 Å². The van der Waals surface area contributed by atoms with Crippen LogP contribution in [0.15, 0.2) is 24.8 Å². The highest BCUT2D eigenvalue weighted by atomic mass is 16.5. The molecule has 0 saturated carbocycles. The van der Waals surface area contributed by atoms with E-state index in [1.165, 1.54) is 14.2 Å². The van der Waals surface area contributed by atoms with Gasteiger partial charge in [-0.05, 0) is 18.6 Å². The van der Waals surface area contributed by atoms with Crippen LogP contribution in [0.25, 0.3) is 0 Å². The zero-order valence-corrected chi connectivity index (χ0v) is 10.3. The third kappa shape index (κ3) is 2.78. The maximum atomic E-state index is 11.7. The first-order valence-electron chi connectivity index (χ1n) is 5.15. The van der Waals surface area contributed by atoms with Crippen molar-refractivity contribution >= 4 is 5.97 Å². The highest BCUT2D eigenvalue weighted by Crippen LogP contribution is 2.33. The molecule has 92 valence electrons. The average Bonchev–Trinajstić information content (AvgIpc) is 2.35. The van der Waals surface area contributed by atoms with Crippen LogP contribution in [0.5, 0.6) is 11.5 Å². The molecule has 0 saturated heterocycles. The molecule has 0 aliphatic rings. The van der Waals surface area contributed by atoms with E-state index in [1.54, 1.807) is 18.2 Å². The normalized spacial score (nSPS) is 9.59. The summed E-state index contributed by atoms with van der Waals surface area (Å²) in [4.78, 5) is 11.7. The topological polar surface area (TPSA) is 44.8 Å². The number of esters is 1. The van der Waals surface area contributed by atoms with Gasteiger partial charge in [-0.1, -0.05) is 18.7 Å². The Bertz CT molecular complexity index is 424. The summed E-state index contributed by atoms with van der Waals surface area (Å²) in [7, 11) is 2.82. The molecule has 0 N–H and O–H groups in total. The summed E-state index contributed by atoms with van der Waals surface area (Å²) in [6.45, 7) is 5.72. The van der Waals surface area contributed by atoms with Crippen molar-refractivity contribution in [1.29, 1.82) is 0 Å². The second-order valence-corrected chi connectivity index (χ2v) is 3.38. The number of carbonyl (C=O) groups is 1. The lowest BCUT2D eigenvalue weighted by atomic mass is 10.1. The second-order valence-electron chi connectivity index (χ2n) is 3.38. The molecule has 0 aliphatic carbocycles. The highest BCUT2D eigenvalue weighted by molar-refractivity contribution is 5.95. The maximum absolute atomic E-state index is 11.7. The summed E-state index contributed by atoms with van der Waals surface area (Å²) in [6.07, 6.45) is 1.62. The molecule has 1 aromatic rings. The van der Waals surface area contributed by atoms with Gasteiger partial charge in [0.15, 0.2) is 11.5 Å². The molecule has 0 bridgehead atoms. The summed E-state index contributed by atoms with van der Waals surface area (Å²) in [5.41, 5.74) is 1.16. The van der Waals surface area contributed by atoms with Crippen LogP contribution in [0.4, 0.5) is 0 Å². The zero-order valence-electron chi connectivity index (χ0n) is 10.3. The molecule has 0 unspecified atom stereocenters. The first-order valence-corrected chi connectivity index (χ1v) is 5.15. The Kier molecular flexibility index (Phi) is 4.57. The smallest absolute Gasteiger partial charge is 0.342 e. The Morgan fingerprint density at radius 3 is 2.65 bits per heavy atom. The fraction of sp³-hybridized carbons (Fsp3) is 0.308. The molecule has 0 aliphatic heterocycles. The van der Waals surface area contributed by atoms with Crippen molar-refractivity contribution in [3.8, 4) is 11.5 Å². The fourth-order valence-corrected chi connectivity index (χ4v) is 1.48. The Hall–Kier alpha value is -1.97. The Labute approximate surface area is 101 Å². The summed E-state index contributed by atoms with van der Waals surface area (Å²) >= 11 is 0. The van der Waals surface area contributed by atoms with Gasteiger partial charge in [-0.25, -0.2) is 4.79 Å². The summed E-state index contributed by atoms with van der Waals surface area (Å²) in [5.74, 6) is 0.445. The SMILES string of the molecule is C=CCOc1ccc(C)c(C(=O)OC)c1OC. The van der Waals surface area contributed by atoms with Crippen molar-refractivity contribution in [2.75, 3.05) is 20.8 Å². The molecular weight excluding hydrogens is 220 g/mol. The van der Waals surface area contributed by atoms with Crippen LogP contribution < -0.4 is 9.47 Å². The first kappa shape index (κ1) is 13.1. The maximum Gasteiger partial charge on any atom is 0.342 e. The van der Waals surface area contributed by atoms with E-state index in [0.29, 0.717) is 23.7 Å². The molecule has 0 atom stereocenters. The Balaban J connectivity index is 3.25. The summed E-state index contributed by atoms with van der Waals surface area (Å²) in [5, 5.41) is 0. The average molecular weight is 236 g/mol. The molecule has 4 nitrogen and oxygen atoms in total. The number of hydrogen-bond donors (Lipinski definition) is 0. The predicted molar refractivity (Wildman–Crippen MR) is 64.8 cm³/mol. The highest BCUT2D eigenvalue weighted by Gasteiger charge is 2.20. The van der Waals surface area contributed by atoms with E-state index in [0.717, 1.165) is 5.56 Å². The van der Waals surface area contributed by atoms with E-state index in [-0.39, 0.29) is 0 Å². The third-order valence-electron chi connectivity index (χ3n) is 2.28. The lowest BCUT2D eigenvalue weighted by Gasteiger charge is -2.14. The molecule has 0 heterocycles. The van der Waals surface area contributed by atoms with Crippen molar-refractivity contribution < 1.29 is 19.0 Å². The summed E-state index contributed by atoms with van der Waals surface area (Å²) in [6, 6.07) is 3.54. The van der Waals surface area contributed by atoms with E-state index < -0.39 is 5.97 Å². The van der Waals surface area contributed by atoms with E-state index >= 15 is 0 Å². The summed E-state index contributed by atoms with van der Waals surface area (Å²) < 4.78 is 15.4. The van der Waals surface area contributed by atoms with E-state index in [9.17, 15) is 4.79 Å². The number of carbonyl (C=O) groups excluding carboxylic acids is 1. The minimum atomic E-state index is -0.441. The monoisotopic (exact) mass is 236 g/mol. The van der Waals surface area contributed by atoms with Crippen LogP contribution >= 0.6 is 0 Å². The molecule has 0 amide bonds. The Morgan fingerprint density at radius 2 is 2.12 bits per heavy atom. The van der Waals surface area contributed by atoms with Gasteiger partial charge in [0, 0.05) is 0 Å². The van der Waals surface area contributed by atoms with Gasteiger partial charge in [0.05, 0.1) is 14.2 Å². The first-order chi connectivity index (χ1) is 8.15. The molecule has 0 spiro atoms. The second kappa shape index (κ2) is 5.94. The predicted octanol–water partition coefficient (Wildman–Crippen LogP) is 2.36. The van der Waals surface area contributed by atoms with Gasteiger partial charge in [-0.2, -0.15) is 0 Å². The number of rotatable bonds is 5. The van der Waals surface area contributed by atoms with Gasteiger partial charge in [-0.15, -0.1) is 0 Å². The lowest BCUT2D eigenvalue weighted by Crippen LogP contribution is -2.08. The lowest BCUT2D eigenvalue weighted by molar-refractivity contribution is 0.0595. The Morgan fingerprint density at radius 1 is 1.41 bits per heavy atom. The van der Waals surface area contributed by atoms with Gasteiger partial charge < -0.3 is 14.2 Å². The number of benzene rings is 1. The van der Waals surface area contributed by atoms with Crippen molar-refractivity contribution in [2.45, 2.75) is 6.92 Å². The molecule has 1 rings (SSSR count). The molecule has 17 heavy (non-hydrogen) atoms. The number of hydrogen-bond acceptors (Lipinski definition) is 4. The largest absolute Gasteiger partial charge is 0.492 e. The number of aryl methyl sites for hydroxylation is 1. The van der Waals surface area contributed by atoms with Crippen molar-refractivity contribution in [3.63, 3.8) is 0 Å². The van der Waals surface area contributed by atoms with Crippen LogP contribution in [0.1, 0.15) is 15.9 Å². The number of ether oxygens (including phenoxy) is 3. The molecule has 0 aromatic heterocycles. The zero-order chi connectivity index (χ0) is 12.8. The molecule has 1 aromatic carbocycles. The van der Waals surface area contributed by atoms with Crippen LogP contribution in [0, 0.1) is 6.92 Å². The van der Waals surface area contributed by atoms with Crippen LogP contribution in [-0.4, -0.2) is 26.8 Å². The van der Waals surface area contributed by atoms with Gasteiger partial charge in [0.2, 0.25) is 0 Å². The van der Waals surface area contributed by atoms with Crippen LogP contribution in [0.3, 0.4) is 0 Å².